The second kappa shape index (κ2) is 7.75. The molecular formula is C23H18N6O2. The van der Waals surface area contributed by atoms with Gasteiger partial charge in [0.2, 0.25) is 5.95 Å². The molecule has 8 heteroatoms. The van der Waals surface area contributed by atoms with Crippen molar-refractivity contribution in [2.45, 2.75) is 6.92 Å². The van der Waals surface area contributed by atoms with Crippen LogP contribution in [0, 0.1) is 6.92 Å². The monoisotopic (exact) mass is 410 g/mol. The second-order valence-corrected chi connectivity index (χ2v) is 6.97. The van der Waals surface area contributed by atoms with Gasteiger partial charge in [-0.3, -0.25) is 9.78 Å². The van der Waals surface area contributed by atoms with Crippen LogP contribution in [0.4, 0.5) is 5.95 Å². The van der Waals surface area contributed by atoms with Crippen molar-refractivity contribution in [3.05, 3.63) is 94.5 Å². The summed E-state index contributed by atoms with van der Waals surface area (Å²) in [5.41, 5.74) is 6.21. The topological polar surface area (TPSA) is 101 Å². The number of benzene rings is 2. The number of hydrogen-bond acceptors (Lipinski definition) is 6. The quantitative estimate of drug-likeness (QED) is 0.335. The van der Waals surface area contributed by atoms with Crippen molar-refractivity contribution in [3.63, 3.8) is 0 Å². The number of furan rings is 1. The third kappa shape index (κ3) is 3.86. The number of hydrazone groups is 1. The number of aromatic nitrogens is 4. The van der Waals surface area contributed by atoms with Crippen LogP contribution in [0.15, 0.2) is 87.2 Å². The zero-order valence-electron chi connectivity index (χ0n) is 16.6. The molecule has 2 aromatic carbocycles. The van der Waals surface area contributed by atoms with E-state index in [1.54, 1.807) is 17.8 Å². The number of fused-ring (bicyclic) bond motifs is 1. The fraction of sp³-hybridized carbons (Fsp3) is 0.0435. The lowest BCUT2D eigenvalue weighted by atomic mass is 10.2. The SMILES string of the molecule is Cc1cc(=O)[nH]c(N/N=C\c2cn(-c3ccccc3)nc2-c2cc3ccccc3o2)n1. The number of rotatable bonds is 5. The second-order valence-electron chi connectivity index (χ2n) is 6.97. The van der Waals surface area contributed by atoms with E-state index in [4.69, 9.17) is 9.52 Å². The van der Waals surface area contributed by atoms with Gasteiger partial charge in [-0.05, 0) is 31.2 Å². The van der Waals surface area contributed by atoms with Gasteiger partial charge in [0.25, 0.3) is 5.56 Å². The third-order valence-corrected chi connectivity index (χ3v) is 4.67. The summed E-state index contributed by atoms with van der Waals surface area (Å²) in [5, 5.41) is 9.96. The lowest BCUT2D eigenvalue weighted by Gasteiger charge is -1.99. The summed E-state index contributed by atoms with van der Waals surface area (Å²) < 4.78 is 7.80. The van der Waals surface area contributed by atoms with Gasteiger partial charge >= 0.3 is 0 Å². The van der Waals surface area contributed by atoms with Gasteiger partial charge in [0.1, 0.15) is 11.3 Å². The molecule has 3 aromatic heterocycles. The van der Waals surface area contributed by atoms with Crippen LogP contribution in [0.2, 0.25) is 0 Å². The Kier molecular flexibility index (Phi) is 4.64. The van der Waals surface area contributed by atoms with E-state index >= 15 is 0 Å². The van der Waals surface area contributed by atoms with Crippen LogP contribution in [0.5, 0.6) is 0 Å². The fourth-order valence-electron chi connectivity index (χ4n) is 3.28. The summed E-state index contributed by atoms with van der Waals surface area (Å²) in [4.78, 5) is 18.4. The Morgan fingerprint density at radius 1 is 1.10 bits per heavy atom. The van der Waals surface area contributed by atoms with Crippen molar-refractivity contribution in [2.75, 3.05) is 5.43 Å². The van der Waals surface area contributed by atoms with Gasteiger partial charge in [-0.15, -0.1) is 0 Å². The Balaban J connectivity index is 1.54. The Bertz CT molecular complexity index is 1410. The molecule has 0 aliphatic rings. The Morgan fingerprint density at radius 2 is 1.90 bits per heavy atom. The van der Waals surface area contributed by atoms with Gasteiger partial charge in [0.15, 0.2) is 5.76 Å². The van der Waals surface area contributed by atoms with Crippen molar-refractivity contribution in [1.29, 1.82) is 0 Å². The number of para-hydroxylation sites is 2. The maximum atomic E-state index is 11.6. The highest BCUT2D eigenvalue weighted by molar-refractivity contribution is 5.90. The molecule has 0 saturated carbocycles. The molecule has 0 atom stereocenters. The molecule has 0 amide bonds. The molecule has 0 aliphatic carbocycles. The molecule has 152 valence electrons. The minimum atomic E-state index is -0.245. The van der Waals surface area contributed by atoms with E-state index in [-0.39, 0.29) is 11.5 Å². The summed E-state index contributed by atoms with van der Waals surface area (Å²) in [6.45, 7) is 1.74. The predicted octanol–water partition coefficient (Wildman–Crippen LogP) is 4.12. The molecule has 5 rings (SSSR count). The highest BCUT2D eigenvalue weighted by Crippen LogP contribution is 2.29. The average Bonchev–Trinajstić information content (AvgIpc) is 3.38. The fourth-order valence-corrected chi connectivity index (χ4v) is 3.28. The van der Waals surface area contributed by atoms with E-state index in [2.05, 4.69) is 20.5 Å². The van der Waals surface area contributed by atoms with Crippen molar-refractivity contribution in [3.8, 4) is 17.1 Å². The number of H-pyrrole nitrogens is 1. The number of nitrogens with zero attached hydrogens (tertiary/aromatic N) is 4. The number of aromatic amines is 1. The van der Waals surface area contributed by atoms with Crippen LogP contribution in [0.25, 0.3) is 28.1 Å². The zero-order chi connectivity index (χ0) is 21.2. The molecule has 3 heterocycles. The highest BCUT2D eigenvalue weighted by Gasteiger charge is 2.15. The Morgan fingerprint density at radius 3 is 2.71 bits per heavy atom. The Hall–Kier alpha value is -4.46. The molecule has 0 bridgehead atoms. The van der Waals surface area contributed by atoms with Crippen LogP contribution < -0.4 is 11.0 Å². The molecular weight excluding hydrogens is 392 g/mol. The molecule has 0 fully saturated rings. The molecule has 0 aliphatic heterocycles. The average molecular weight is 410 g/mol. The van der Waals surface area contributed by atoms with Crippen molar-refractivity contribution in [2.24, 2.45) is 5.10 Å². The zero-order valence-corrected chi connectivity index (χ0v) is 16.6. The highest BCUT2D eigenvalue weighted by atomic mass is 16.3. The summed E-state index contributed by atoms with van der Waals surface area (Å²) in [5.74, 6) is 0.904. The van der Waals surface area contributed by atoms with Crippen molar-refractivity contribution >= 4 is 23.1 Å². The molecule has 8 nitrogen and oxygen atoms in total. The van der Waals surface area contributed by atoms with Crippen LogP contribution in [-0.4, -0.2) is 26.0 Å². The van der Waals surface area contributed by atoms with Crippen LogP contribution >= 0.6 is 0 Å². The predicted molar refractivity (Wildman–Crippen MR) is 120 cm³/mol. The molecule has 0 saturated heterocycles. The van der Waals surface area contributed by atoms with Crippen LogP contribution in [-0.2, 0) is 0 Å². The van der Waals surface area contributed by atoms with E-state index in [0.717, 1.165) is 22.2 Å². The maximum absolute atomic E-state index is 11.6. The van der Waals surface area contributed by atoms with Crippen LogP contribution in [0.3, 0.4) is 0 Å². The van der Waals surface area contributed by atoms with Gasteiger partial charge in [-0.1, -0.05) is 36.4 Å². The van der Waals surface area contributed by atoms with E-state index in [1.165, 1.54) is 6.07 Å². The third-order valence-electron chi connectivity index (χ3n) is 4.67. The first kappa shape index (κ1) is 18.6. The first-order chi connectivity index (χ1) is 15.2. The van der Waals surface area contributed by atoms with Gasteiger partial charge in [-0.2, -0.15) is 10.2 Å². The van der Waals surface area contributed by atoms with E-state index < -0.39 is 0 Å². The smallest absolute Gasteiger partial charge is 0.252 e. The first-order valence-corrected chi connectivity index (χ1v) is 9.67. The molecule has 0 radical (unpaired) electrons. The summed E-state index contributed by atoms with van der Waals surface area (Å²) in [7, 11) is 0. The number of anilines is 1. The van der Waals surface area contributed by atoms with E-state index in [1.807, 2.05) is 66.9 Å². The standard InChI is InChI=1S/C23H18N6O2/c1-15-11-21(30)26-23(25-15)27-24-13-17-14-29(18-8-3-2-4-9-18)28-22(17)20-12-16-7-5-6-10-19(16)31-20/h2-14H,1H3,(H2,25,26,27,30)/b24-13-. The van der Waals surface area contributed by atoms with Gasteiger partial charge in [0, 0.05) is 28.9 Å². The normalized spacial score (nSPS) is 11.4. The van der Waals surface area contributed by atoms with Gasteiger partial charge in [0.05, 0.1) is 11.9 Å². The minimum absolute atomic E-state index is 0.245. The molecule has 2 N–H and O–H groups in total. The van der Waals surface area contributed by atoms with Crippen LogP contribution in [0.1, 0.15) is 11.3 Å². The summed E-state index contributed by atoms with van der Waals surface area (Å²) in [6.07, 6.45) is 3.49. The molecule has 0 spiro atoms. The summed E-state index contributed by atoms with van der Waals surface area (Å²) in [6, 6.07) is 21.0. The first-order valence-electron chi connectivity index (χ1n) is 9.67. The van der Waals surface area contributed by atoms with Crippen molar-refractivity contribution < 1.29 is 4.42 Å². The van der Waals surface area contributed by atoms with E-state index in [9.17, 15) is 4.79 Å². The minimum Gasteiger partial charge on any atom is -0.454 e. The molecule has 5 aromatic rings. The number of hydrogen-bond donors (Lipinski definition) is 2. The van der Waals surface area contributed by atoms with Gasteiger partial charge in [-0.25, -0.2) is 15.1 Å². The lowest BCUT2D eigenvalue weighted by Crippen LogP contribution is -2.10. The summed E-state index contributed by atoms with van der Waals surface area (Å²) >= 11 is 0. The van der Waals surface area contributed by atoms with Gasteiger partial charge < -0.3 is 4.42 Å². The number of nitrogens with one attached hydrogen (secondary N) is 2. The largest absolute Gasteiger partial charge is 0.454 e. The Labute approximate surface area is 176 Å². The number of aryl methyl sites for hydroxylation is 1. The maximum Gasteiger partial charge on any atom is 0.252 e. The van der Waals surface area contributed by atoms with Crippen molar-refractivity contribution in [1.82, 2.24) is 19.7 Å². The molecule has 0 unspecified atom stereocenters. The molecule has 31 heavy (non-hydrogen) atoms. The van der Waals surface area contributed by atoms with E-state index in [0.29, 0.717) is 17.1 Å². The lowest BCUT2D eigenvalue weighted by molar-refractivity contribution is 0.627.